The standard InChI is InChI=1S/C15H15NO3/c1-2-19-14(18)8-7-13(17)15-12-6-4-3-5-11(12)9-10-16-15/h3-6,9-10H,2,7-8H2,1H3. The fraction of sp³-hybridized carbons (Fsp3) is 0.267. The van der Waals surface area contributed by atoms with Gasteiger partial charge >= 0.3 is 5.97 Å². The predicted molar refractivity (Wildman–Crippen MR) is 71.9 cm³/mol. The second kappa shape index (κ2) is 6.09. The average Bonchev–Trinajstić information content (AvgIpc) is 2.44. The van der Waals surface area contributed by atoms with E-state index < -0.39 is 0 Å². The molecule has 0 spiro atoms. The summed E-state index contributed by atoms with van der Waals surface area (Å²) < 4.78 is 4.80. The van der Waals surface area contributed by atoms with Gasteiger partial charge in [-0.1, -0.05) is 24.3 Å². The van der Waals surface area contributed by atoms with Crippen molar-refractivity contribution in [2.75, 3.05) is 6.61 Å². The molecule has 0 aliphatic heterocycles. The van der Waals surface area contributed by atoms with E-state index in [1.54, 1.807) is 13.1 Å². The number of carbonyl (C=O) groups is 2. The molecule has 0 aliphatic rings. The van der Waals surface area contributed by atoms with Crippen LogP contribution >= 0.6 is 0 Å². The van der Waals surface area contributed by atoms with Gasteiger partial charge in [0.25, 0.3) is 0 Å². The van der Waals surface area contributed by atoms with Crippen molar-refractivity contribution in [1.29, 1.82) is 0 Å². The summed E-state index contributed by atoms with van der Waals surface area (Å²) in [5.41, 5.74) is 0.419. The second-order valence-corrected chi connectivity index (χ2v) is 4.11. The van der Waals surface area contributed by atoms with Gasteiger partial charge in [0.15, 0.2) is 5.78 Å². The molecule has 4 heteroatoms. The first-order valence-electron chi connectivity index (χ1n) is 6.25. The number of hydrogen-bond acceptors (Lipinski definition) is 4. The summed E-state index contributed by atoms with van der Waals surface area (Å²) in [7, 11) is 0. The first-order chi connectivity index (χ1) is 9.22. The Balaban J connectivity index is 2.15. The SMILES string of the molecule is CCOC(=O)CCC(=O)c1nccc2ccccc12. The summed E-state index contributed by atoms with van der Waals surface area (Å²) in [6.07, 6.45) is 1.83. The highest BCUT2D eigenvalue weighted by Gasteiger charge is 2.13. The quantitative estimate of drug-likeness (QED) is 0.610. The van der Waals surface area contributed by atoms with E-state index in [4.69, 9.17) is 4.74 Å². The van der Waals surface area contributed by atoms with Gasteiger partial charge in [-0.05, 0) is 18.4 Å². The molecule has 19 heavy (non-hydrogen) atoms. The Bertz CT molecular complexity index is 602. The van der Waals surface area contributed by atoms with Crippen molar-refractivity contribution in [3.8, 4) is 0 Å². The van der Waals surface area contributed by atoms with Gasteiger partial charge in [-0.2, -0.15) is 0 Å². The van der Waals surface area contributed by atoms with E-state index in [2.05, 4.69) is 4.98 Å². The van der Waals surface area contributed by atoms with Gasteiger partial charge in [0.1, 0.15) is 5.69 Å². The third kappa shape index (κ3) is 3.16. The number of fused-ring (bicyclic) bond motifs is 1. The van der Waals surface area contributed by atoms with Crippen molar-refractivity contribution in [2.24, 2.45) is 0 Å². The number of ketones is 1. The summed E-state index contributed by atoms with van der Waals surface area (Å²) in [5, 5.41) is 1.79. The normalized spacial score (nSPS) is 10.4. The molecule has 0 saturated carbocycles. The molecule has 0 saturated heterocycles. The molecule has 0 N–H and O–H groups in total. The van der Waals surface area contributed by atoms with Crippen molar-refractivity contribution >= 4 is 22.5 Å². The number of aromatic nitrogens is 1. The molecule has 0 radical (unpaired) electrons. The zero-order chi connectivity index (χ0) is 13.7. The molecular formula is C15H15NO3. The molecule has 1 heterocycles. The predicted octanol–water partition coefficient (Wildman–Crippen LogP) is 2.76. The maximum atomic E-state index is 12.1. The van der Waals surface area contributed by atoms with E-state index in [0.29, 0.717) is 12.3 Å². The van der Waals surface area contributed by atoms with Crippen molar-refractivity contribution in [2.45, 2.75) is 19.8 Å². The minimum Gasteiger partial charge on any atom is -0.466 e. The molecule has 98 valence electrons. The number of esters is 1. The van der Waals surface area contributed by atoms with Crippen molar-refractivity contribution < 1.29 is 14.3 Å². The summed E-state index contributed by atoms with van der Waals surface area (Å²) in [5.74, 6) is -0.485. The minimum absolute atomic E-state index is 0.0948. The highest BCUT2D eigenvalue weighted by Crippen LogP contribution is 2.18. The lowest BCUT2D eigenvalue weighted by atomic mass is 10.0. The number of Topliss-reactive ketones (excluding diaryl/α,β-unsaturated/α-hetero) is 1. The van der Waals surface area contributed by atoms with Crippen LogP contribution in [0.15, 0.2) is 36.5 Å². The molecule has 4 nitrogen and oxygen atoms in total. The fourth-order valence-electron chi connectivity index (χ4n) is 1.91. The first-order valence-corrected chi connectivity index (χ1v) is 6.25. The molecule has 0 atom stereocenters. The van der Waals surface area contributed by atoms with Crippen LogP contribution in [0.1, 0.15) is 30.3 Å². The Labute approximate surface area is 111 Å². The molecule has 2 rings (SSSR count). The van der Waals surface area contributed by atoms with Crippen LogP contribution in [-0.2, 0) is 9.53 Å². The smallest absolute Gasteiger partial charge is 0.306 e. The van der Waals surface area contributed by atoms with E-state index in [-0.39, 0.29) is 24.6 Å². The van der Waals surface area contributed by atoms with Gasteiger partial charge < -0.3 is 4.74 Å². The third-order valence-electron chi connectivity index (χ3n) is 2.80. The number of pyridine rings is 1. The van der Waals surface area contributed by atoms with Crippen LogP contribution < -0.4 is 0 Å². The highest BCUT2D eigenvalue weighted by molar-refractivity contribution is 6.06. The number of nitrogens with zero attached hydrogens (tertiary/aromatic N) is 1. The van der Waals surface area contributed by atoms with E-state index in [0.717, 1.165) is 10.8 Å². The summed E-state index contributed by atoms with van der Waals surface area (Å²) in [6.45, 7) is 2.07. The lowest BCUT2D eigenvalue weighted by molar-refractivity contribution is -0.143. The summed E-state index contributed by atoms with van der Waals surface area (Å²) in [6, 6.07) is 9.43. The Morgan fingerprint density at radius 3 is 2.74 bits per heavy atom. The molecule has 1 aromatic heterocycles. The highest BCUT2D eigenvalue weighted by atomic mass is 16.5. The molecule has 0 amide bonds. The van der Waals surface area contributed by atoms with Gasteiger partial charge in [-0.25, -0.2) is 0 Å². The lowest BCUT2D eigenvalue weighted by Gasteiger charge is -2.04. The molecule has 0 bridgehead atoms. The number of hydrogen-bond donors (Lipinski definition) is 0. The zero-order valence-electron chi connectivity index (χ0n) is 10.8. The topological polar surface area (TPSA) is 56.3 Å². The molecule has 0 aliphatic carbocycles. The van der Waals surface area contributed by atoms with E-state index in [1.165, 1.54) is 0 Å². The lowest BCUT2D eigenvalue weighted by Crippen LogP contribution is -2.09. The van der Waals surface area contributed by atoms with Crippen LogP contribution in [0.3, 0.4) is 0 Å². The Morgan fingerprint density at radius 2 is 1.95 bits per heavy atom. The summed E-state index contributed by atoms with van der Waals surface area (Å²) >= 11 is 0. The molecular weight excluding hydrogens is 242 g/mol. The Kier molecular flexibility index (Phi) is 4.23. The molecule has 0 unspecified atom stereocenters. The van der Waals surface area contributed by atoms with Gasteiger partial charge in [-0.3, -0.25) is 14.6 Å². The van der Waals surface area contributed by atoms with Crippen LogP contribution in [0.5, 0.6) is 0 Å². The van der Waals surface area contributed by atoms with Crippen LogP contribution in [-0.4, -0.2) is 23.3 Å². The maximum absolute atomic E-state index is 12.1. The van der Waals surface area contributed by atoms with Crippen LogP contribution in [0, 0.1) is 0 Å². The van der Waals surface area contributed by atoms with Crippen molar-refractivity contribution in [3.05, 3.63) is 42.2 Å². The average molecular weight is 257 g/mol. The number of carbonyl (C=O) groups excluding carboxylic acids is 2. The fourth-order valence-corrected chi connectivity index (χ4v) is 1.91. The van der Waals surface area contributed by atoms with Crippen molar-refractivity contribution in [3.63, 3.8) is 0 Å². The largest absolute Gasteiger partial charge is 0.466 e. The Morgan fingerprint density at radius 1 is 1.16 bits per heavy atom. The number of benzene rings is 1. The third-order valence-corrected chi connectivity index (χ3v) is 2.80. The van der Waals surface area contributed by atoms with Crippen molar-refractivity contribution in [1.82, 2.24) is 4.98 Å². The van der Waals surface area contributed by atoms with E-state index in [1.807, 2.05) is 30.3 Å². The molecule has 1 aromatic carbocycles. The van der Waals surface area contributed by atoms with Gasteiger partial charge in [0.2, 0.25) is 0 Å². The van der Waals surface area contributed by atoms with Crippen LogP contribution in [0.25, 0.3) is 10.8 Å². The van der Waals surface area contributed by atoms with Crippen LogP contribution in [0.4, 0.5) is 0 Å². The maximum Gasteiger partial charge on any atom is 0.306 e. The second-order valence-electron chi connectivity index (χ2n) is 4.11. The summed E-state index contributed by atoms with van der Waals surface area (Å²) in [4.78, 5) is 27.5. The molecule has 0 fully saturated rings. The van der Waals surface area contributed by atoms with Gasteiger partial charge in [0.05, 0.1) is 13.0 Å². The monoisotopic (exact) mass is 257 g/mol. The van der Waals surface area contributed by atoms with Crippen LogP contribution in [0.2, 0.25) is 0 Å². The van der Waals surface area contributed by atoms with E-state index in [9.17, 15) is 9.59 Å². The zero-order valence-corrected chi connectivity index (χ0v) is 10.8. The van der Waals surface area contributed by atoms with Gasteiger partial charge in [-0.15, -0.1) is 0 Å². The number of rotatable bonds is 5. The first kappa shape index (κ1) is 13.2. The van der Waals surface area contributed by atoms with E-state index >= 15 is 0 Å². The number of ether oxygens (including phenoxy) is 1. The van der Waals surface area contributed by atoms with Gasteiger partial charge in [0, 0.05) is 18.0 Å². The minimum atomic E-state index is -0.351. The molecule has 2 aromatic rings. The Hall–Kier alpha value is -2.23.